The van der Waals surface area contributed by atoms with E-state index < -0.39 is 4.92 Å². The molecule has 8 heteroatoms. The smallest absolute Gasteiger partial charge is 0.276 e. The van der Waals surface area contributed by atoms with Gasteiger partial charge in [-0.05, 0) is 34.1 Å². The molecule has 0 saturated heterocycles. The summed E-state index contributed by atoms with van der Waals surface area (Å²) in [5, 5.41) is 16.7. The number of hydrogen-bond acceptors (Lipinski definition) is 5. The van der Waals surface area contributed by atoms with Gasteiger partial charge >= 0.3 is 0 Å². The van der Waals surface area contributed by atoms with Crippen molar-refractivity contribution >= 4 is 54.9 Å². The molecule has 1 aromatic carbocycles. The van der Waals surface area contributed by atoms with Gasteiger partial charge in [0.2, 0.25) is 0 Å². The molecule has 1 heterocycles. The predicted molar refractivity (Wildman–Crippen MR) is 85.6 cm³/mol. The first-order valence-electron chi connectivity index (χ1n) is 5.56. The third kappa shape index (κ3) is 3.45. The summed E-state index contributed by atoms with van der Waals surface area (Å²) < 4.78 is 1.72. The Labute approximate surface area is 132 Å². The van der Waals surface area contributed by atoms with E-state index in [1.807, 2.05) is 18.2 Å². The zero-order valence-electron chi connectivity index (χ0n) is 10.4. The van der Waals surface area contributed by atoms with Gasteiger partial charge in [0.15, 0.2) is 0 Å². The zero-order valence-corrected chi connectivity index (χ0v) is 13.5. The fourth-order valence-electron chi connectivity index (χ4n) is 1.54. The molecular weight excluding hydrogens is 392 g/mol. The van der Waals surface area contributed by atoms with Crippen molar-refractivity contribution in [3.8, 4) is 0 Å². The van der Waals surface area contributed by atoms with Crippen molar-refractivity contribution in [3.05, 3.63) is 49.4 Å². The Morgan fingerprint density at radius 1 is 1.20 bits per heavy atom. The number of nitrogens with one attached hydrogen (secondary N) is 2. The highest BCUT2D eigenvalue weighted by Crippen LogP contribution is 2.30. The van der Waals surface area contributed by atoms with Gasteiger partial charge < -0.3 is 10.6 Å². The molecule has 0 aliphatic carbocycles. The van der Waals surface area contributed by atoms with Crippen LogP contribution in [0.4, 0.5) is 23.0 Å². The van der Waals surface area contributed by atoms with E-state index in [0.29, 0.717) is 11.6 Å². The fraction of sp³-hybridized carbons (Fsp3) is 0.0833. The Morgan fingerprint density at radius 2 is 1.90 bits per heavy atom. The van der Waals surface area contributed by atoms with E-state index in [-0.39, 0.29) is 5.69 Å². The first-order chi connectivity index (χ1) is 9.49. The number of pyridine rings is 1. The Hall–Kier alpha value is -1.67. The molecule has 0 radical (unpaired) electrons. The number of nitro groups is 1. The average Bonchev–Trinajstić information content (AvgIpc) is 2.42. The molecule has 1 aromatic heterocycles. The van der Waals surface area contributed by atoms with E-state index in [1.54, 1.807) is 7.05 Å². The van der Waals surface area contributed by atoms with Gasteiger partial charge in [0.25, 0.3) is 5.69 Å². The molecule has 2 N–H and O–H groups in total. The van der Waals surface area contributed by atoms with Crippen LogP contribution >= 0.6 is 31.9 Å². The molecule has 6 nitrogen and oxygen atoms in total. The Balaban J connectivity index is 2.39. The molecule has 0 fully saturated rings. The van der Waals surface area contributed by atoms with Crippen LogP contribution in [0.1, 0.15) is 0 Å². The topological polar surface area (TPSA) is 80.1 Å². The minimum Gasteiger partial charge on any atom is -0.373 e. The van der Waals surface area contributed by atoms with E-state index in [4.69, 9.17) is 0 Å². The third-order valence-corrected chi connectivity index (χ3v) is 3.65. The Morgan fingerprint density at radius 3 is 2.55 bits per heavy atom. The lowest BCUT2D eigenvalue weighted by atomic mass is 10.3. The monoisotopic (exact) mass is 400 g/mol. The van der Waals surface area contributed by atoms with Gasteiger partial charge in [-0.25, -0.2) is 4.98 Å². The van der Waals surface area contributed by atoms with Crippen LogP contribution in [0.25, 0.3) is 0 Å². The van der Waals surface area contributed by atoms with Crippen molar-refractivity contribution in [1.29, 1.82) is 0 Å². The maximum atomic E-state index is 10.9. The molecule has 2 aromatic rings. The molecule has 0 saturated carbocycles. The third-order valence-electron chi connectivity index (χ3n) is 2.47. The fourth-order valence-corrected chi connectivity index (χ4v) is 2.25. The summed E-state index contributed by atoms with van der Waals surface area (Å²) in [5.74, 6) is 0.815. The van der Waals surface area contributed by atoms with Gasteiger partial charge in [0, 0.05) is 16.0 Å². The molecule has 0 aliphatic rings. The highest BCUT2D eigenvalue weighted by Gasteiger charge is 2.11. The molecular formula is C12H10Br2N4O2. The molecule has 0 bridgehead atoms. The maximum Gasteiger partial charge on any atom is 0.276 e. The summed E-state index contributed by atoms with van der Waals surface area (Å²) >= 11 is 6.78. The highest BCUT2D eigenvalue weighted by atomic mass is 79.9. The van der Waals surface area contributed by atoms with E-state index in [9.17, 15) is 10.1 Å². The van der Waals surface area contributed by atoms with E-state index in [2.05, 4.69) is 47.5 Å². The minimum atomic E-state index is -0.455. The minimum absolute atomic E-state index is 0.0297. The quantitative estimate of drug-likeness (QED) is 0.589. The largest absolute Gasteiger partial charge is 0.373 e. The van der Waals surface area contributed by atoms with Crippen LogP contribution in [0, 0.1) is 10.1 Å². The Bertz CT molecular complexity index is 664. The summed E-state index contributed by atoms with van der Waals surface area (Å²) in [4.78, 5) is 14.7. The summed E-state index contributed by atoms with van der Waals surface area (Å²) in [7, 11) is 1.66. The van der Waals surface area contributed by atoms with Gasteiger partial charge in [-0.1, -0.05) is 15.9 Å². The van der Waals surface area contributed by atoms with E-state index in [1.165, 1.54) is 12.1 Å². The van der Waals surface area contributed by atoms with Gasteiger partial charge in [-0.3, -0.25) is 10.1 Å². The summed E-state index contributed by atoms with van der Waals surface area (Å²) in [5.41, 5.74) is 0.729. The molecule has 0 atom stereocenters. The number of nitrogens with zero attached hydrogens (tertiary/aromatic N) is 2. The van der Waals surface area contributed by atoms with Crippen molar-refractivity contribution in [1.82, 2.24) is 4.98 Å². The second-order valence-corrected chi connectivity index (χ2v) is 5.62. The molecule has 0 unspecified atom stereocenters. The second-order valence-electron chi connectivity index (χ2n) is 3.85. The number of aromatic nitrogens is 1. The van der Waals surface area contributed by atoms with Gasteiger partial charge in [0.1, 0.15) is 11.6 Å². The number of hydrogen-bond donors (Lipinski definition) is 2. The lowest BCUT2D eigenvalue weighted by Crippen LogP contribution is -2.00. The predicted octanol–water partition coefficient (Wildman–Crippen LogP) is 4.30. The van der Waals surface area contributed by atoms with Crippen molar-refractivity contribution in [2.75, 3.05) is 17.7 Å². The number of anilines is 3. The molecule has 20 heavy (non-hydrogen) atoms. The number of benzene rings is 1. The molecule has 0 spiro atoms. The summed E-state index contributed by atoms with van der Waals surface area (Å²) in [6, 6.07) is 8.36. The molecule has 0 amide bonds. The molecule has 2 rings (SSSR count). The second kappa shape index (κ2) is 6.19. The van der Waals surface area contributed by atoms with Gasteiger partial charge in [-0.2, -0.15) is 0 Å². The lowest BCUT2D eigenvalue weighted by Gasteiger charge is -2.09. The maximum absolute atomic E-state index is 10.9. The van der Waals surface area contributed by atoms with Crippen molar-refractivity contribution in [2.24, 2.45) is 0 Å². The van der Waals surface area contributed by atoms with E-state index >= 15 is 0 Å². The lowest BCUT2D eigenvalue weighted by molar-refractivity contribution is -0.384. The zero-order chi connectivity index (χ0) is 14.7. The van der Waals surface area contributed by atoms with Gasteiger partial charge in [0.05, 0.1) is 22.7 Å². The summed E-state index contributed by atoms with van der Waals surface area (Å²) in [6.07, 6.45) is 0. The van der Waals surface area contributed by atoms with Crippen LogP contribution in [-0.4, -0.2) is 17.0 Å². The van der Waals surface area contributed by atoms with Crippen LogP contribution in [-0.2, 0) is 0 Å². The molecule has 0 aliphatic heterocycles. The van der Waals surface area contributed by atoms with Crippen molar-refractivity contribution < 1.29 is 4.92 Å². The van der Waals surface area contributed by atoms with Crippen LogP contribution in [0.2, 0.25) is 0 Å². The first kappa shape index (κ1) is 14.7. The standard InChI is InChI=1S/C12H10Br2N4O2/c1-15-11-5-8(18(19)20)6-12(17-11)16-10-4-7(13)2-3-9(10)14/h2-6H,1H3,(H2,15,16,17). The number of halogens is 2. The van der Waals surface area contributed by atoms with E-state index in [0.717, 1.165) is 14.6 Å². The SMILES string of the molecule is CNc1cc([N+](=O)[O-])cc(Nc2cc(Br)ccc2Br)n1. The highest BCUT2D eigenvalue weighted by molar-refractivity contribution is 9.11. The molecule has 104 valence electrons. The van der Waals surface area contributed by atoms with Crippen LogP contribution < -0.4 is 10.6 Å². The van der Waals surface area contributed by atoms with Crippen molar-refractivity contribution in [2.45, 2.75) is 0 Å². The normalized spacial score (nSPS) is 10.2. The first-order valence-corrected chi connectivity index (χ1v) is 7.14. The van der Waals surface area contributed by atoms with Crippen LogP contribution in [0.15, 0.2) is 39.3 Å². The van der Waals surface area contributed by atoms with Crippen molar-refractivity contribution in [3.63, 3.8) is 0 Å². The van der Waals surface area contributed by atoms with Crippen LogP contribution in [0.3, 0.4) is 0 Å². The number of rotatable bonds is 4. The Kier molecular flexibility index (Phi) is 4.56. The average molecular weight is 402 g/mol. The van der Waals surface area contributed by atoms with Gasteiger partial charge in [-0.15, -0.1) is 0 Å². The van der Waals surface area contributed by atoms with Crippen LogP contribution in [0.5, 0.6) is 0 Å². The summed E-state index contributed by atoms with van der Waals surface area (Å²) in [6.45, 7) is 0.